The van der Waals surface area contributed by atoms with Crippen molar-refractivity contribution in [2.75, 3.05) is 0 Å². The van der Waals surface area contributed by atoms with Gasteiger partial charge in [0.2, 0.25) is 5.89 Å². The lowest BCUT2D eigenvalue weighted by atomic mass is 10.1. The zero-order valence-electron chi connectivity index (χ0n) is 14.4. The molecule has 2 aromatic heterocycles. The second-order valence-electron chi connectivity index (χ2n) is 6.50. The van der Waals surface area contributed by atoms with Crippen LogP contribution in [0, 0.1) is 18.7 Å². The van der Waals surface area contributed by atoms with E-state index in [0.717, 1.165) is 12.8 Å². The van der Waals surface area contributed by atoms with Crippen LogP contribution in [0.1, 0.15) is 41.1 Å². The Balaban J connectivity index is 1.57. The normalized spacial score (nSPS) is 14.8. The largest absolute Gasteiger partial charge is 0.340 e. The highest BCUT2D eigenvalue weighted by molar-refractivity contribution is 6.31. The Morgan fingerprint density at radius 2 is 2.11 bits per heavy atom. The number of aryl methyl sites for hydroxylation is 1. The van der Waals surface area contributed by atoms with Crippen molar-refractivity contribution in [2.24, 2.45) is 5.92 Å². The molecule has 0 unspecified atom stereocenters. The van der Waals surface area contributed by atoms with Crippen LogP contribution in [0.2, 0.25) is 5.02 Å². The molecule has 1 aliphatic carbocycles. The van der Waals surface area contributed by atoms with Crippen molar-refractivity contribution in [3.05, 3.63) is 64.6 Å². The fourth-order valence-electron chi connectivity index (χ4n) is 2.86. The van der Waals surface area contributed by atoms with Gasteiger partial charge in [0.05, 0.1) is 16.8 Å². The van der Waals surface area contributed by atoms with Crippen LogP contribution in [0.3, 0.4) is 0 Å². The molecular formula is C19H16ClFN4O2. The monoisotopic (exact) mass is 386 g/mol. The second-order valence-corrected chi connectivity index (χ2v) is 6.90. The van der Waals surface area contributed by atoms with E-state index in [0.29, 0.717) is 28.9 Å². The van der Waals surface area contributed by atoms with Gasteiger partial charge in [-0.1, -0.05) is 22.8 Å². The van der Waals surface area contributed by atoms with Crippen LogP contribution in [0.4, 0.5) is 4.39 Å². The topological polar surface area (TPSA) is 80.9 Å². The summed E-state index contributed by atoms with van der Waals surface area (Å²) in [4.78, 5) is 21.4. The van der Waals surface area contributed by atoms with Crippen LogP contribution < -0.4 is 5.32 Å². The van der Waals surface area contributed by atoms with Gasteiger partial charge in [0.15, 0.2) is 5.82 Å². The van der Waals surface area contributed by atoms with Gasteiger partial charge in [-0.05, 0) is 49.1 Å². The predicted octanol–water partition coefficient (Wildman–Crippen LogP) is 4.11. The number of aromatic nitrogens is 3. The minimum absolute atomic E-state index is 0.00503. The number of pyridine rings is 1. The third kappa shape index (κ3) is 3.83. The Bertz CT molecular complexity index is 1000. The molecule has 6 nitrogen and oxygen atoms in total. The van der Waals surface area contributed by atoms with Crippen molar-refractivity contribution >= 4 is 17.5 Å². The predicted molar refractivity (Wildman–Crippen MR) is 96.6 cm³/mol. The molecule has 1 amide bonds. The maximum absolute atomic E-state index is 13.4. The Kier molecular flexibility index (Phi) is 4.61. The van der Waals surface area contributed by atoms with Crippen LogP contribution in [-0.2, 0) is 0 Å². The minimum Gasteiger partial charge on any atom is -0.340 e. The Morgan fingerprint density at radius 3 is 2.78 bits per heavy atom. The Labute approximate surface area is 159 Å². The quantitative estimate of drug-likeness (QED) is 0.713. The molecule has 0 bridgehead atoms. The number of nitrogens with zero attached hydrogens (tertiary/aromatic N) is 3. The molecule has 0 saturated heterocycles. The lowest BCUT2D eigenvalue weighted by Gasteiger charge is -2.14. The summed E-state index contributed by atoms with van der Waals surface area (Å²) >= 11 is 5.84. The summed E-state index contributed by atoms with van der Waals surface area (Å²) in [5, 5.41) is 6.89. The number of amides is 1. The van der Waals surface area contributed by atoms with Gasteiger partial charge in [-0.15, -0.1) is 0 Å². The van der Waals surface area contributed by atoms with Gasteiger partial charge >= 0.3 is 0 Å². The highest BCUT2D eigenvalue weighted by atomic mass is 35.5. The van der Waals surface area contributed by atoms with Crippen molar-refractivity contribution in [2.45, 2.75) is 25.8 Å². The standard InChI is InChI=1S/C19H16ClFN4O2/c1-10-22-18(25-27-10)17(11-5-6-11)24-19(26)16-4-2-3-15(23-16)12-7-8-14(21)13(20)9-12/h2-4,7-9,11,17H,5-6H2,1H3,(H,24,26)/t17-/m1/s1. The number of carbonyl (C=O) groups is 1. The number of nitrogens with one attached hydrogen (secondary N) is 1. The van der Waals surface area contributed by atoms with Crippen molar-refractivity contribution < 1.29 is 13.7 Å². The zero-order chi connectivity index (χ0) is 19.0. The number of carbonyl (C=O) groups excluding carboxylic acids is 1. The maximum atomic E-state index is 13.4. The van der Waals surface area contributed by atoms with E-state index in [1.807, 2.05) is 0 Å². The molecule has 1 fully saturated rings. The molecule has 1 aliphatic rings. The van der Waals surface area contributed by atoms with Gasteiger partial charge < -0.3 is 9.84 Å². The number of hydrogen-bond donors (Lipinski definition) is 1. The molecule has 138 valence electrons. The van der Waals surface area contributed by atoms with E-state index >= 15 is 0 Å². The molecule has 0 aliphatic heterocycles. The summed E-state index contributed by atoms with van der Waals surface area (Å²) in [5.41, 5.74) is 1.41. The average Bonchev–Trinajstić information content (AvgIpc) is 3.42. The third-order valence-corrected chi connectivity index (χ3v) is 4.69. The zero-order valence-corrected chi connectivity index (χ0v) is 15.2. The highest BCUT2D eigenvalue weighted by Gasteiger charge is 2.36. The summed E-state index contributed by atoms with van der Waals surface area (Å²) in [5.74, 6) is 0.398. The number of rotatable bonds is 5. The van der Waals surface area contributed by atoms with Crippen LogP contribution in [-0.4, -0.2) is 21.0 Å². The first kappa shape index (κ1) is 17.6. The van der Waals surface area contributed by atoms with E-state index in [2.05, 4.69) is 20.4 Å². The molecular weight excluding hydrogens is 371 g/mol. The lowest BCUT2D eigenvalue weighted by molar-refractivity contribution is 0.0924. The summed E-state index contributed by atoms with van der Waals surface area (Å²) < 4.78 is 18.4. The van der Waals surface area contributed by atoms with Crippen LogP contribution >= 0.6 is 11.6 Å². The van der Waals surface area contributed by atoms with Crippen molar-refractivity contribution in [3.63, 3.8) is 0 Å². The minimum atomic E-state index is -0.503. The molecule has 0 radical (unpaired) electrons. The first-order valence-electron chi connectivity index (χ1n) is 8.55. The van der Waals surface area contributed by atoms with E-state index in [4.69, 9.17) is 16.1 Å². The van der Waals surface area contributed by atoms with Crippen molar-refractivity contribution in [1.29, 1.82) is 0 Å². The van der Waals surface area contributed by atoms with E-state index in [1.165, 1.54) is 12.1 Å². The van der Waals surface area contributed by atoms with E-state index in [-0.39, 0.29) is 22.7 Å². The van der Waals surface area contributed by atoms with E-state index < -0.39 is 5.82 Å². The number of halogens is 2. The lowest BCUT2D eigenvalue weighted by Crippen LogP contribution is -2.31. The molecule has 0 spiro atoms. The van der Waals surface area contributed by atoms with Crippen molar-refractivity contribution in [1.82, 2.24) is 20.4 Å². The van der Waals surface area contributed by atoms with Crippen LogP contribution in [0.5, 0.6) is 0 Å². The highest BCUT2D eigenvalue weighted by Crippen LogP contribution is 2.40. The van der Waals surface area contributed by atoms with Gasteiger partial charge in [-0.2, -0.15) is 4.98 Å². The van der Waals surface area contributed by atoms with Gasteiger partial charge in [0, 0.05) is 12.5 Å². The Morgan fingerprint density at radius 1 is 1.30 bits per heavy atom. The summed E-state index contributed by atoms with van der Waals surface area (Å²) in [7, 11) is 0. The molecule has 4 rings (SSSR count). The fourth-order valence-corrected chi connectivity index (χ4v) is 3.04. The SMILES string of the molecule is Cc1nc([C@H](NC(=O)c2cccc(-c3ccc(F)c(Cl)c3)n2)C2CC2)no1. The molecule has 1 N–H and O–H groups in total. The molecule has 1 saturated carbocycles. The molecule has 3 aromatic rings. The van der Waals surface area contributed by atoms with E-state index in [9.17, 15) is 9.18 Å². The van der Waals surface area contributed by atoms with Gasteiger partial charge in [0.1, 0.15) is 11.5 Å². The average molecular weight is 387 g/mol. The number of hydrogen-bond acceptors (Lipinski definition) is 5. The summed E-state index contributed by atoms with van der Waals surface area (Å²) in [6, 6.07) is 9.10. The maximum Gasteiger partial charge on any atom is 0.270 e. The van der Waals surface area contributed by atoms with Gasteiger partial charge in [0.25, 0.3) is 5.91 Å². The third-order valence-electron chi connectivity index (χ3n) is 4.40. The molecule has 1 aromatic carbocycles. The molecule has 1 atom stereocenters. The molecule has 2 heterocycles. The van der Waals surface area contributed by atoms with E-state index in [1.54, 1.807) is 31.2 Å². The second kappa shape index (κ2) is 7.08. The number of benzene rings is 1. The summed E-state index contributed by atoms with van der Waals surface area (Å²) in [6.45, 7) is 1.71. The van der Waals surface area contributed by atoms with Gasteiger partial charge in [-0.25, -0.2) is 9.37 Å². The van der Waals surface area contributed by atoms with Gasteiger partial charge in [-0.3, -0.25) is 4.79 Å². The van der Waals surface area contributed by atoms with Crippen LogP contribution in [0.15, 0.2) is 40.9 Å². The Hall–Kier alpha value is -2.80. The smallest absolute Gasteiger partial charge is 0.270 e. The first-order chi connectivity index (χ1) is 13.0. The fraction of sp³-hybridized carbons (Fsp3) is 0.263. The van der Waals surface area contributed by atoms with Crippen LogP contribution in [0.25, 0.3) is 11.3 Å². The van der Waals surface area contributed by atoms with Crippen molar-refractivity contribution in [3.8, 4) is 11.3 Å². The summed E-state index contributed by atoms with van der Waals surface area (Å²) in [6.07, 6.45) is 2.00. The molecule has 27 heavy (non-hydrogen) atoms. The first-order valence-corrected chi connectivity index (χ1v) is 8.92. The molecule has 8 heteroatoms.